The number of aromatic amines is 1. The maximum Gasteiger partial charge on any atom is 0.268 e. The van der Waals surface area contributed by atoms with Crippen LogP contribution in [0.2, 0.25) is 0 Å². The van der Waals surface area contributed by atoms with Crippen molar-refractivity contribution in [3.63, 3.8) is 0 Å². The minimum atomic E-state index is -0.737. The molecule has 0 aliphatic carbocycles. The number of benzene rings is 1. The minimum absolute atomic E-state index is 0.0435. The zero-order valence-corrected chi connectivity index (χ0v) is 15.5. The van der Waals surface area contributed by atoms with Gasteiger partial charge in [0.2, 0.25) is 0 Å². The van der Waals surface area contributed by atoms with E-state index in [1.165, 1.54) is 13.1 Å². The second-order valence-electron chi connectivity index (χ2n) is 6.89. The molecule has 0 saturated carbocycles. The van der Waals surface area contributed by atoms with Crippen molar-refractivity contribution in [1.82, 2.24) is 10.3 Å². The summed E-state index contributed by atoms with van der Waals surface area (Å²) in [5, 5.41) is 12.4. The van der Waals surface area contributed by atoms with Crippen LogP contribution in [0.1, 0.15) is 35.7 Å². The van der Waals surface area contributed by atoms with Crippen LogP contribution in [0.15, 0.2) is 16.9 Å². The first-order chi connectivity index (χ1) is 12.8. The lowest BCUT2D eigenvalue weighted by atomic mass is 9.92. The average Bonchev–Trinajstić information content (AvgIpc) is 2.66. The molecule has 0 spiro atoms. The Balaban J connectivity index is 2.21. The van der Waals surface area contributed by atoms with Gasteiger partial charge in [-0.05, 0) is 31.9 Å². The highest BCUT2D eigenvalue weighted by atomic mass is 19.1. The Hall–Kier alpha value is -2.92. The van der Waals surface area contributed by atoms with E-state index in [4.69, 9.17) is 4.74 Å². The van der Waals surface area contributed by atoms with Gasteiger partial charge in [-0.3, -0.25) is 9.59 Å². The van der Waals surface area contributed by atoms with Crippen LogP contribution in [0.5, 0.6) is 0 Å². The Morgan fingerprint density at radius 3 is 2.63 bits per heavy atom. The molecule has 0 bridgehead atoms. The summed E-state index contributed by atoms with van der Waals surface area (Å²) < 4.78 is 19.9. The van der Waals surface area contributed by atoms with E-state index in [0.29, 0.717) is 37.0 Å². The first-order valence-electron chi connectivity index (χ1n) is 8.65. The number of anilines is 1. The number of piperidine rings is 1. The predicted octanol–water partition coefficient (Wildman–Crippen LogP) is 1.90. The molecule has 1 aromatic carbocycles. The van der Waals surface area contributed by atoms with Crippen molar-refractivity contribution < 1.29 is 13.9 Å². The number of nitrogens with zero attached hydrogens (tertiary/aromatic N) is 2. The van der Waals surface area contributed by atoms with E-state index in [9.17, 15) is 19.2 Å². The second kappa shape index (κ2) is 7.00. The number of carbonyl (C=O) groups is 1. The number of ether oxygens (including phenoxy) is 1. The van der Waals surface area contributed by atoms with Gasteiger partial charge in [-0.1, -0.05) is 0 Å². The summed E-state index contributed by atoms with van der Waals surface area (Å²) in [5.74, 6) is -1.31. The van der Waals surface area contributed by atoms with Gasteiger partial charge in [-0.15, -0.1) is 0 Å². The van der Waals surface area contributed by atoms with Crippen LogP contribution in [0.25, 0.3) is 10.9 Å². The first kappa shape index (κ1) is 18.9. The summed E-state index contributed by atoms with van der Waals surface area (Å²) in [6, 6.07) is 4.46. The Bertz CT molecular complexity index is 1000. The molecule has 1 saturated heterocycles. The zero-order chi connectivity index (χ0) is 19.8. The van der Waals surface area contributed by atoms with Gasteiger partial charge < -0.3 is 19.9 Å². The van der Waals surface area contributed by atoms with E-state index < -0.39 is 17.3 Å². The van der Waals surface area contributed by atoms with E-state index in [0.717, 1.165) is 6.07 Å². The van der Waals surface area contributed by atoms with Gasteiger partial charge in [0.15, 0.2) is 0 Å². The summed E-state index contributed by atoms with van der Waals surface area (Å²) >= 11 is 0. The third kappa shape index (κ3) is 3.26. The molecule has 3 rings (SSSR count). The van der Waals surface area contributed by atoms with Crippen molar-refractivity contribution >= 4 is 22.5 Å². The molecular formula is C19H21FN4O3. The predicted molar refractivity (Wildman–Crippen MR) is 99.5 cm³/mol. The number of fused-ring (bicyclic) bond motifs is 1. The molecule has 0 radical (unpaired) electrons. The Morgan fingerprint density at radius 1 is 1.41 bits per heavy atom. The number of nitrogens with one attached hydrogen (secondary N) is 2. The smallest absolute Gasteiger partial charge is 0.268 e. The third-order valence-corrected chi connectivity index (χ3v) is 5.29. The van der Waals surface area contributed by atoms with Crippen LogP contribution < -0.4 is 15.8 Å². The van der Waals surface area contributed by atoms with Crippen LogP contribution >= 0.6 is 0 Å². The van der Waals surface area contributed by atoms with Crippen LogP contribution in [-0.4, -0.2) is 43.7 Å². The van der Waals surface area contributed by atoms with Gasteiger partial charge in [-0.2, -0.15) is 5.26 Å². The minimum Gasteiger partial charge on any atom is -0.378 e. The summed E-state index contributed by atoms with van der Waals surface area (Å²) in [7, 11) is 3.08. The number of pyridine rings is 1. The standard InChI is InChI=1S/C19H21FN4O3/c1-19(27-3)4-6-24(7-5-19)16-12-8-11(17(25)22-2)14(20)9-15(12)23-18(26)13(16)10-21/h8-9H,4-7H2,1-3H3,(H,22,25)(H,23,26). The fraction of sp³-hybridized carbons (Fsp3) is 0.421. The Morgan fingerprint density at radius 2 is 2.07 bits per heavy atom. The number of hydrogen-bond donors (Lipinski definition) is 2. The molecule has 1 aromatic heterocycles. The number of amides is 1. The molecule has 0 unspecified atom stereocenters. The van der Waals surface area contributed by atoms with Gasteiger partial charge in [0.1, 0.15) is 17.4 Å². The molecule has 2 aromatic rings. The SMILES string of the molecule is CNC(=O)c1cc2c(N3CCC(C)(OC)CC3)c(C#N)c(=O)[nH]c2cc1F. The van der Waals surface area contributed by atoms with E-state index >= 15 is 0 Å². The highest BCUT2D eigenvalue weighted by Gasteiger charge is 2.32. The molecule has 142 valence electrons. The van der Waals surface area contributed by atoms with Crippen molar-refractivity contribution in [2.75, 3.05) is 32.1 Å². The molecule has 0 atom stereocenters. The molecular weight excluding hydrogens is 351 g/mol. The van der Waals surface area contributed by atoms with Crippen molar-refractivity contribution in [1.29, 1.82) is 5.26 Å². The number of hydrogen-bond acceptors (Lipinski definition) is 5. The van der Waals surface area contributed by atoms with Gasteiger partial charge >= 0.3 is 0 Å². The maximum atomic E-state index is 14.3. The Kier molecular flexibility index (Phi) is 4.89. The monoisotopic (exact) mass is 372 g/mol. The van der Waals surface area contributed by atoms with Gasteiger partial charge in [0.05, 0.1) is 22.4 Å². The maximum absolute atomic E-state index is 14.3. The fourth-order valence-corrected chi connectivity index (χ4v) is 3.45. The lowest BCUT2D eigenvalue weighted by molar-refractivity contribution is -0.0132. The normalized spacial score (nSPS) is 16.2. The zero-order valence-electron chi connectivity index (χ0n) is 15.5. The average molecular weight is 372 g/mol. The van der Waals surface area contributed by atoms with Crippen molar-refractivity contribution in [2.24, 2.45) is 0 Å². The molecule has 1 amide bonds. The lowest BCUT2D eigenvalue weighted by Gasteiger charge is -2.40. The fourth-order valence-electron chi connectivity index (χ4n) is 3.45. The number of H-pyrrole nitrogens is 1. The Labute approximate surface area is 155 Å². The summed E-state index contributed by atoms with van der Waals surface area (Å²) in [5.41, 5.74) is -0.343. The summed E-state index contributed by atoms with van der Waals surface area (Å²) in [6.07, 6.45) is 1.43. The molecule has 8 heteroatoms. The number of rotatable bonds is 3. The number of methoxy groups -OCH3 is 1. The number of halogens is 1. The summed E-state index contributed by atoms with van der Waals surface area (Å²) in [6.45, 7) is 3.17. The van der Waals surface area contributed by atoms with Crippen LogP contribution in [0.3, 0.4) is 0 Å². The lowest BCUT2D eigenvalue weighted by Crippen LogP contribution is -2.44. The topological polar surface area (TPSA) is 98.2 Å². The molecule has 1 fully saturated rings. The van der Waals surface area contributed by atoms with Crippen LogP contribution in [0.4, 0.5) is 10.1 Å². The quantitative estimate of drug-likeness (QED) is 0.858. The number of aromatic nitrogens is 1. The van der Waals surface area contributed by atoms with E-state index in [-0.39, 0.29) is 22.2 Å². The molecule has 2 N–H and O–H groups in total. The molecule has 7 nitrogen and oxygen atoms in total. The molecule has 27 heavy (non-hydrogen) atoms. The van der Waals surface area contributed by atoms with Crippen LogP contribution in [0, 0.1) is 17.1 Å². The third-order valence-electron chi connectivity index (χ3n) is 5.29. The van der Waals surface area contributed by atoms with E-state index in [1.54, 1.807) is 7.11 Å². The highest BCUT2D eigenvalue weighted by Crippen LogP contribution is 2.34. The second-order valence-corrected chi connectivity index (χ2v) is 6.89. The van der Waals surface area contributed by atoms with Gasteiger partial charge in [0, 0.05) is 32.6 Å². The number of nitriles is 1. The highest BCUT2D eigenvalue weighted by molar-refractivity contribution is 6.02. The van der Waals surface area contributed by atoms with Crippen LogP contribution in [-0.2, 0) is 4.74 Å². The van der Waals surface area contributed by atoms with Crippen molar-refractivity contribution in [2.45, 2.75) is 25.4 Å². The van der Waals surface area contributed by atoms with Crippen molar-refractivity contribution in [3.05, 3.63) is 39.4 Å². The summed E-state index contributed by atoms with van der Waals surface area (Å²) in [4.78, 5) is 28.8. The first-order valence-corrected chi connectivity index (χ1v) is 8.65. The number of carbonyl (C=O) groups excluding carboxylic acids is 1. The largest absolute Gasteiger partial charge is 0.378 e. The molecule has 1 aliphatic rings. The van der Waals surface area contributed by atoms with Gasteiger partial charge in [0.25, 0.3) is 11.5 Å². The molecule has 2 heterocycles. The van der Waals surface area contributed by atoms with Crippen molar-refractivity contribution in [3.8, 4) is 6.07 Å². The van der Waals surface area contributed by atoms with Gasteiger partial charge in [-0.25, -0.2) is 4.39 Å². The van der Waals surface area contributed by atoms with E-state index in [2.05, 4.69) is 10.3 Å². The van der Waals surface area contributed by atoms with E-state index in [1.807, 2.05) is 17.9 Å². The molecule has 1 aliphatic heterocycles.